The van der Waals surface area contributed by atoms with Gasteiger partial charge in [-0.25, -0.2) is 0 Å². The standard InChI is InChI=1S/C16H27N3O/c1-12(2)8-15(10-17)18-16(20)14-7-5-6-13(9-14)11-19(3)4/h5-7,9,12,15H,8,10-11,17H2,1-4H3,(H,18,20). The van der Waals surface area contributed by atoms with Crippen LogP contribution in [-0.2, 0) is 6.54 Å². The first kappa shape index (κ1) is 16.7. The fourth-order valence-corrected chi connectivity index (χ4v) is 2.23. The van der Waals surface area contributed by atoms with E-state index in [9.17, 15) is 4.79 Å². The molecule has 1 unspecified atom stereocenters. The second kappa shape index (κ2) is 8.02. The van der Waals surface area contributed by atoms with Gasteiger partial charge in [-0.3, -0.25) is 4.79 Å². The lowest BCUT2D eigenvalue weighted by molar-refractivity contribution is 0.0933. The fourth-order valence-electron chi connectivity index (χ4n) is 2.23. The van der Waals surface area contributed by atoms with E-state index in [1.807, 2.05) is 38.4 Å². The minimum Gasteiger partial charge on any atom is -0.348 e. The number of hydrogen-bond acceptors (Lipinski definition) is 3. The van der Waals surface area contributed by atoms with Crippen molar-refractivity contribution in [3.63, 3.8) is 0 Å². The summed E-state index contributed by atoms with van der Waals surface area (Å²) in [6.07, 6.45) is 0.902. The third-order valence-corrected chi connectivity index (χ3v) is 3.06. The Hall–Kier alpha value is -1.39. The van der Waals surface area contributed by atoms with Crippen LogP contribution in [0.5, 0.6) is 0 Å². The summed E-state index contributed by atoms with van der Waals surface area (Å²) in [6.45, 7) is 5.56. The van der Waals surface area contributed by atoms with Gasteiger partial charge in [0, 0.05) is 24.7 Å². The molecule has 3 N–H and O–H groups in total. The molecule has 0 fully saturated rings. The molecule has 0 aliphatic carbocycles. The van der Waals surface area contributed by atoms with Crippen molar-refractivity contribution in [2.24, 2.45) is 11.7 Å². The first-order chi connectivity index (χ1) is 9.42. The highest BCUT2D eigenvalue weighted by atomic mass is 16.1. The lowest BCUT2D eigenvalue weighted by atomic mass is 10.0. The zero-order valence-electron chi connectivity index (χ0n) is 13.0. The molecule has 1 aromatic rings. The normalized spacial score (nSPS) is 12.8. The number of carbonyl (C=O) groups excluding carboxylic acids is 1. The Morgan fingerprint density at radius 3 is 2.60 bits per heavy atom. The lowest BCUT2D eigenvalue weighted by Crippen LogP contribution is -2.41. The second-order valence-corrected chi connectivity index (χ2v) is 5.97. The summed E-state index contributed by atoms with van der Waals surface area (Å²) in [5.74, 6) is 0.477. The molecule has 112 valence electrons. The third kappa shape index (κ3) is 5.72. The van der Waals surface area contributed by atoms with Crippen LogP contribution in [0.2, 0.25) is 0 Å². The van der Waals surface area contributed by atoms with Crippen LogP contribution < -0.4 is 11.1 Å². The van der Waals surface area contributed by atoms with Crippen LogP contribution in [0.4, 0.5) is 0 Å². The van der Waals surface area contributed by atoms with Crippen LogP contribution in [0.3, 0.4) is 0 Å². The molecule has 1 amide bonds. The van der Waals surface area contributed by atoms with E-state index in [-0.39, 0.29) is 11.9 Å². The van der Waals surface area contributed by atoms with Gasteiger partial charge >= 0.3 is 0 Å². The highest BCUT2D eigenvalue weighted by Crippen LogP contribution is 2.09. The molecule has 0 aromatic heterocycles. The Bertz CT molecular complexity index is 429. The molecule has 20 heavy (non-hydrogen) atoms. The van der Waals surface area contributed by atoms with Gasteiger partial charge in [-0.1, -0.05) is 26.0 Å². The van der Waals surface area contributed by atoms with E-state index in [1.165, 1.54) is 0 Å². The molecule has 1 rings (SSSR count). The zero-order valence-corrected chi connectivity index (χ0v) is 13.0. The highest BCUT2D eigenvalue weighted by Gasteiger charge is 2.14. The molecule has 0 spiro atoms. The molecule has 1 atom stereocenters. The molecule has 1 aromatic carbocycles. The van der Waals surface area contributed by atoms with Crippen LogP contribution >= 0.6 is 0 Å². The van der Waals surface area contributed by atoms with Crippen molar-refractivity contribution >= 4 is 5.91 Å². The van der Waals surface area contributed by atoms with E-state index < -0.39 is 0 Å². The van der Waals surface area contributed by atoms with Crippen LogP contribution in [0.1, 0.15) is 36.2 Å². The summed E-state index contributed by atoms with van der Waals surface area (Å²) in [5.41, 5.74) is 7.56. The van der Waals surface area contributed by atoms with E-state index in [2.05, 4.69) is 24.1 Å². The van der Waals surface area contributed by atoms with E-state index in [0.717, 1.165) is 18.5 Å². The largest absolute Gasteiger partial charge is 0.348 e. The van der Waals surface area contributed by atoms with Gasteiger partial charge in [0.1, 0.15) is 0 Å². The van der Waals surface area contributed by atoms with Crippen molar-refractivity contribution in [2.75, 3.05) is 20.6 Å². The van der Waals surface area contributed by atoms with Crippen molar-refractivity contribution in [3.05, 3.63) is 35.4 Å². The first-order valence-electron chi connectivity index (χ1n) is 7.17. The van der Waals surface area contributed by atoms with Gasteiger partial charge in [0.05, 0.1) is 0 Å². The molecule has 0 radical (unpaired) electrons. The van der Waals surface area contributed by atoms with Crippen molar-refractivity contribution in [3.8, 4) is 0 Å². The van der Waals surface area contributed by atoms with Crippen molar-refractivity contribution < 1.29 is 4.79 Å². The van der Waals surface area contributed by atoms with E-state index in [1.54, 1.807) is 0 Å². The summed E-state index contributed by atoms with van der Waals surface area (Å²) in [5, 5.41) is 3.02. The average Bonchev–Trinajstić information content (AvgIpc) is 2.36. The maximum absolute atomic E-state index is 12.3. The number of carbonyl (C=O) groups is 1. The summed E-state index contributed by atoms with van der Waals surface area (Å²) >= 11 is 0. The Kier molecular flexibility index (Phi) is 6.68. The summed E-state index contributed by atoms with van der Waals surface area (Å²) in [6, 6.07) is 7.79. The third-order valence-electron chi connectivity index (χ3n) is 3.06. The molecular formula is C16H27N3O. The Morgan fingerprint density at radius 2 is 2.05 bits per heavy atom. The smallest absolute Gasteiger partial charge is 0.251 e. The number of benzene rings is 1. The number of hydrogen-bond donors (Lipinski definition) is 2. The SMILES string of the molecule is CC(C)CC(CN)NC(=O)c1cccc(CN(C)C)c1. The summed E-state index contributed by atoms with van der Waals surface area (Å²) in [7, 11) is 4.03. The van der Waals surface area contributed by atoms with E-state index in [4.69, 9.17) is 5.73 Å². The Labute approximate surface area is 122 Å². The molecule has 0 saturated heterocycles. The maximum Gasteiger partial charge on any atom is 0.251 e. The Balaban J connectivity index is 2.71. The lowest BCUT2D eigenvalue weighted by Gasteiger charge is -2.19. The number of nitrogens with two attached hydrogens (primary N) is 1. The van der Waals surface area contributed by atoms with Gasteiger partial charge in [-0.15, -0.1) is 0 Å². The zero-order chi connectivity index (χ0) is 15.1. The molecule has 4 nitrogen and oxygen atoms in total. The minimum absolute atomic E-state index is 0.0401. The average molecular weight is 277 g/mol. The maximum atomic E-state index is 12.3. The summed E-state index contributed by atoms with van der Waals surface area (Å²) < 4.78 is 0. The van der Waals surface area contributed by atoms with Gasteiger partial charge in [0.15, 0.2) is 0 Å². The minimum atomic E-state index is -0.0401. The number of amides is 1. The van der Waals surface area contributed by atoms with Crippen LogP contribution in [0.15, 0.2) is 24.3 Å². The van der Waals surface area contributed by atoms with Crippen LogP contribution in [0, 0.1) is 5.92 Å². The van der Waals surface area contributed by atoms with Gasteiger partial charge in [-0.2, -0.15) is 0 Å². The van der Waals surface area contributed by atoms with Gasteiger partial charge < -0.3 is 16.0 Å². The van der Waals surface area contributed by atoms with Crippen LogP contribution in [0.25, 0.3) is 0 Å². The Morgan fingerprint density at radius 1 is 1.35 bits per heavy atom. The molecule has 0 heterocycles. The molecule has 0 saturated carbocycles. The van der Waals surface area contributed by atoms with Gasteiger partial charge in [-0.05, 0) is 44.1 Å². The monoisotopic (exact) mass is 277 g/mol. The molecule has 0 aliphatic rings. The number of nitrogens with one attached hydrogen (secondary N) is 1. The van der Waals surface area contributed by atoms with E-state index in [0.29, 0.717) is 18.0 Å². The van der Waals surface area contributed by atoms with Crippen molar-refractivity contribution in [1.29, 1.82) is 0 Å². The number of nitrogens with zero attached hydrogens (tertiary/aromatic N) is 1. The fraction of sp³-hybridized carbons (Fsp3) is 0.562. The number of rotatable bonds is 7. The molecule has 0 aliphatic heterocycles. The molecule has 0 bridgehead atoms. The van der Waals surface area contributed by atoms with Crippen molar-refractivity contribution in [2.45, 2.75) is 32.9 Å². The molecular weight excluding hydrogens is 250 g/mol. The van der Waals surface area contributed by atoms with Crippen LogP contribution in [-0.4, -0.2) is 37.5 Å². The van der Waals surface area contributed by atoms with Gasteiger partial charge in [0.2, 0.25) is 0 Å². The second-order valence-electron chi connectivity index (χ2n) is 5.97. The summed E-state index contributed by atoms with van der Waals surface area (Å²) in [4.78, 5) is 14.3. The molecule has 4 heteroatoms. The first-order valence-corrected chi connectivity index (χ1v) is 7.17. The quantitative estimate of drug-likeness (QED) is 0.799. The van der Waals surface area contributed by atoms with E-state index >= 15 is 0 Å². The van der Waals surface area contributed by atoms with Crippen molar-refractivity contribution in [1.82, 2.24) is 10.2 Å². The van der Waals surface area contributed by atoms with Gasteiger partial charge in [0.25, 0.3) is 5.91 Å². The topological polar surface area (TPSA) is 58.4 Å². The predicted octanol–water partition coefficient (Wildman–Crippen LogP) is 1.85. The predicted molar refractivity (Wildman–Crippen MR) is 83.6 cm³/mol. The highest BCUT2D eigenvalue weighted by molar-refractivity contribution is 5.94.